The van der Waals surface area contributed by atoms with Gasteiger partial charge in [-0.3, -0.25) is 4.79 Å². The van der Waals surface area contributed by atoms with E-state index in [4.69, 9.17) is 16.3 Å². The van der Waals surface area contributed by atoms with Gasteiger partial charge >= 0.3 is 0 Å². The molecule has 2 aromatic rings. The maximum absolute atomic E-state index is 12.4. The molecular weight excluding hydrogens is 318 g/mol. The van der Waals surface area contributed by atoms with E-state index >= 15 is 0 Å². The number of hydrogen-bond acceptors (Lipinski definition) is 3. The van der Waals surface area contributed by atoms with E-state index in [-0.39, 0.29) is 12.0 Å². The van der Waals surface area contributed by atoms with Gasteiger partial charge in [0, 0.05) is 36.3 Å². The third kappa shape index (κ3) is 3.81. The molecule has 0 radical (unpaired) electrons. The minimum atomic E-state index is 0.141. The molecule has 1 aromatic carbocycles. The fourth-order valence-corrected chi connectivity index (χ4v) is 3.41. The van der Waals surface area contributed by atoms with Crippen LogP contribution in [0.25, 0.3) is 0 Å². The number of piperidine rings is 1. The van der Waals surface area contributed by atoms with Crippen molar-refractivity contribution in [2.75, 3.05) is 13.1 Å². The van der Waals surface area contributed by atoms with Crippen molar-refractivity contribution in [2.24, 2.45) is 0 Å². The molecule has 1 fully saturated rings. The van der Waals surface area contributed by atoms with Crippen molar-refractivity contribution in [3.63, 3.8) is 0 Å². The second-order valence-corrected chi connectivity index (χ2v) is 6.61. The van der Waals surface area contributed by atoms with Crippen molar-refractivity contribution < 1.29 is 9.53 Å². The Hall–Kier alpha value is -1.52. The maximum atomic E-state index is 12.4. The number of nitrogens with zero attached hydrogens (tertiary/aromatic N) is 1. The predicted octanol–water partition coefficient (Wildman–Crippen LogP) is 4.01. The molecule has 1 aromatic heterocycles. The Morgan fingerprint density at radius 3 is 2.73 bits per heavy atom. The summed E-state index contributed by atoms with van der Waals surface area (Å²) in [5.74, 6) is 1.08. The van der Waals surface area contributed by atoms with E-state index in [0.29, 0.717) is 11.4 Å². The van der Waals surface area contributed by atoms with Gasteiger partial charge in [-0.15, -0.1) is 11.3 Å². The topological polar surface area (TPSA) is 29.5 Å². The first kappa shape index (κ1) is 15.4. The van der Waals surface area contributed by atoms with Crippen molar-refractivity contribution >= 4 is 28.8 Å². The summed E-state index contributed by atoms with van der Waals surface area (Å²) < 4.78 is 5.91. The third-order valence-corrected chi connectivity index (χ3v) is 4.92. The van der Waals surface area contributed by atoms with E-state index in [1.165, 1.54) is 0 Å². The largest absolute Gasteiger partial charge is 0.489 e. The molecule has 0 spiro atoms. The molecule has 0 saturated carbocycles. The molecular formula is C17H18ClNO2S. The Morgan fingerprint density at radius 1 is 1.27 bits per heavy atom. The van der Waals surface area contributed by atoms with Gasteiger partial charge in [-0.05, 0) is 23.1 Å². The number of carbonyl (C=O) groups is 1. The Bertz CT molecular complexity index is 621. The molecule has 1 amide bonds. The molecule has 22 heavy (non-hydrogen) atoms. The zero-order valence-electron chi connectivity index (χ0n) is 12.2. The number of carbonyl (C=O) groups excluding carboxylic acids is 1. The quantitative estimate of drug-likeness (QED) is 0.844. The second kappa shape index (κ2) is 7.16. The van der Waals surface area contributed by atoms with Crippen molar-refractivity contribution in [1.29, 1.82) is 0 Å². The smallest absolute Gasteiger partial charge is 0.227 e. The lowest BCUT2D eigenvalue weighted by molar-refractivity contribution is -0.132. The molecule has 0 atom stereocenters. The summed E-state index contributed by atoms with van der Waals surface area (Å²) in [5.41, 5.74) is 0.894. The van der Waals surface area contributed by atoms with Crippen LogP contribution in [-0.2, 0) is 11.2 Å². The highest BCUT2D eigenvalue weighted by Crippen LogP contribution is 2.22. The van der Waals surface area contributed by atoms with E-state index in [1.54, 1.807) is 11.3 Å². The molecule has 3 nitrogen and oxygen atoms in total. The van der Waals surface area contributed by atoms with Crippen LogP contribution in [0, 0.1) is 0 Å². The molecule has 0 aliphatic carbocycles. The standard InChI is InChI=1S/C17H18ClNO2S/c18-16-4-2-1-3-13(16)11-17(20)19-8-5-14(6-9-19)21-15-7-10-22-12-15/h1-4,7,10,12,14H,5-6,8-9,11H2. The van der Waals surface area contributed by atoms with E-state index in [1.807, 2.05) is 46.0 Å². The summed E-state index contributed by atoms with van der Waals surface area (Å²) in [7, 11) is 0. The fraction of sp³-hybridized carbons (Fsp3) is 0.353. The number of likely N-dealkylation sites (tertiary alicyclic amines) is 1. The monoisotopic (exact) mass is 335 g/mol. The van der Waals surface area contributed by atoms with Gasteiger partial charge in [-0.1, -0.05) is 29.8 Å². The maximum Gasteiger partial charge on any atom is 0.227 e. The predicted molar refractivity (Wildman–Crippen MR) is 89.7 cm³/mol. The number of rotatable bonds is 4. The lowest BCUT2D eigenvalue weighted by atomic mass is 10.1. The second-order valence-electron chi connectivity index (χ2n) is 5.43. The van der Waals surface area contributed by atoms with Gasteiger partial charge in [0.2, 0.25) is 5.91 Å². The molecule has 5 heteroatoms. The summed E-state index contributed by atoms with van der Waals surface area (Å²) in [5, 5.41) is 4.68. The van der Waals surface area contributed by atoms with Crippen LogP contribution in [0.1, 0.15) is 18.4 Å². The highest BCUT2D eigenvalue weighted by atomic mass is 35.5. The number of halogens is 1. The van der Waals surface area contributed by atoms with Gasteiger partial charge in [-0.25, -0.2) is 0 Å². The summed E-state index contributed by atoms with van der Waals surface area (Å²) in [6.45, 7) is 1.50. The zero-order chi connectivity index (χ0) is 15.4. The van der Waals surface area contributed by atoms with Crippen molar-refractivity contribution in [1.82, 2.24) is 4.90 Å². The highest BCUT2D eigenvalue weighted by Gasteiger charge is 2.24. The first-order valence-electron chi connectivity index (χ1n) is 7.42. The normalized spacial score (nSPS) is 15.8. The van der Waals surface area contributed by atoms with Crippen LogP contribution >= 0.6 is 22.9 Å². The number of hydrogen-bond donors (Lipinski definition) is 0. The summed E-state index contributed by atoms with van der Waals surface area (Å²) in [4.78, 5) is 14.3. The minimum Gasteiger partial charge on any atom is -0.489 e. The van der Waals surface area contributed by atoms with Crippen LogP contribution in [0.5, 0.6) is 5.75 Å². The van der Waals surface area contributed by atoms with Gasteiger partial charge in [0.15, 0.2) is 0 Å². The lowest BCUT2D eigenvalue weighted by Gasteiger charge is -2.32. The Morgan fingerprint density at radius 2 is 2.05 bits per heavy atom. The van der Waals surface area contributed by atoms with Crippen molar-refractivity contribution in [2.45, 2.75) is 25.4 Å². The van der Waals surface area contributed by atoms with Gasteiger partial charge in [0.1, 0.15) is 11.9 Å². The number of benzene rings is 1. The van der Waals surface area contributed by atoms with E-state index in [2.05, 4.69) is 0 Å². The van der Waals surface area contributed by atoms with Crippen molar-refractivity contribution in [3.05, 3.63) is 51.7 Å². The van der Waals surface area contributed by atoms with Crippen LogP contribution in [0.3, 0.4) is 0 Å². The number of thiophene rings is 1. The molecule has 1 aliphatic rings. The van der Waals surface area contributed by atoms with Crippen LogP contribution in [0.2, 0.25) is 5.02 Å². The minimum absolute atomic E-state index is 0.141. The average Bonchev–Trinajstić information content (AvgIpc) is 3.03. The lowest BCUT2D eigenvalue weighted by Crippen LogP contribution is -2.42. The Labute approximate surface area is 139 Å². The van der Waals surface area contributed by atoms with Crippen LogP contribution in [-0.4, -0.2) is 30.0 Å². The SMILES string of the molecule is O=C(Cc1ccccc1Cl)N1CCC(Oc2ccsc2)CC1. The van der Waals surface area contributed by atoms with Crippen LogP contribution in [0.15, 0.2) is 41.1 Å². The Balaban J connectivity index is 1.50. The van der Waals surface area contributed by atoms with E-state index in [9.17, 15) is 4.79 Å². The molecule has 3 rings (SSSR count). The average molecular weight is 336 g/mol. The first-order chi connectivity index (χ1) is 10.7. The van der Waals surface area contributed by atoms with Crippen LogP contribution in [0.4, 0.5) is 0 Å². The fourth-order valence-electron chi connectivity index (χ4n) is 2.65. The van der Waals surface area contributed by atoms with Gasteiger partial charge < -0.3 is 9.64 Å². The zero-order valence-corrected chi connectivity index (χ0v) is 13.8. The molecule has 0 bridgehead atoms. The summed E-state index contributed by atoms with van der Waals surface area (Å²) in [6, 6.07) is 9.51. The van der Waals surface area contributed by atoms with E-state index < -0.39 is 0 Å². The van der Waals surface area contributed by atoms with E-state index in [0.717, 1.165) is 37.2 Å². The summed E-state index contributed by atoms with van der Waals surface area (Å²) in [6.07, 6.45) is 2.34. The first-order valence-corrected chi connectivity index (χ1v) is 8.74. The van der Waals surface area contributed by atoms with Gasteiger partial charge in [0.05, 0.1) is 6.42 Å². The van der Waals surface area contributed by atoms with Gasteiger partial charge in [-0.2, -0.15) is 0 Å². The molecule has 2 heterocycles. The highest BCUT2D eigenvalue weighted by molar-refractivity contribution is 7.08. The molecule has 0 N–H and O–H groups in total. The molecule has 0 unspecified atom stereocenters. The van der Waals surface area contributed by atoms with Crippen LogP contribution < -0.4 is 4.74 Å². The molecule has 1 aliphatic heterocycles. The number of ether oxygens (including phenoxy) is 1. The molecule has 1 saturated heterocycles. The number of amides is 1. The third-order valence-electron chi connectivity index (χ3n) is 3.89. The van der Waals surface area contributed by atoms with Crippen molar-refractivity contribution in [3.8, 4) is 5.75 Å². The summed E-state index contributed by atoms with van der Waals surface area (Å²) >= 11 is 7.75. The van der Waals surface area contributed by atoms with Gasteiger partial charge in [0.25, 0.3) is 0 Å². The molecule has 116 valence electrons. The Kier molecular flexibility index (Phi) is 5.01.